The fourth-order valence-electron chi connectivity index (χ4n) is 2.45. The first-order valence-corrected chi connectivity index (χ1v) is 7.77. The van der Waals surface area contributed by atoms with Gasteiger partial charge >= 0.3 is 0 Å². The molecule has 5 heteroatoms. The number of aryl methyl sites for hydroxylation is 1. The van der Waals surface area contributed by atoms with Gasteiger partial charge in [-0.1, -0.05) is 6.92 Å². The van der Waals surface area contributed by atoms with Crippen LogP contribution >= 0.6 is 0 Å². The highest BCUT2D eigenvalue weighted by Gasteiger charge is 2.15. The van der Waals surface area contributed by atoms with E-state index in [1.807, 2.05) is 19.1 Å². The van der Waals surface area contributed by atoms with E-state index in [9.17, 15) is 4.79 Å². The minimum absolute atomic E-state index is 0.0287. The van der Waals surface area contributed by atoms with Gasteiger partial charge in [0, 0.05) is 37.6 Å². The number of carbonyl (C=O) groups excluding carboxylic acids is 1. The summed E-state index contributed by atoms with van der Waals surface area (Å²) < 4.78 is 5.34. The number of hydrogen-bond acceptors (Lipinski definition) is 4. The first-order chi connectivity index (χ1) is 10.2. The lowest BCUT2D eigenvalue weighted by Crippen LogP contribution is -2.26. The van der Waals surface area contributed by atoms with Crippen molar-refractivity contribution in [3.8, 4) is 0 Å². The Balaban J connectivity index is 1.86. The van der Waals surface area contributed by atoms with Gasteiger partial charge < -0.3 is 15.4 Å². The number of nitrogens with one attached hydrogen (secondary N) is 2. The van der Waals surface area contributed by atoms with Crippen molar-refractivity contribution in [2.24, 2.45) is 5.92 Å². The van der Waals surface area contributed by atoms with Crippen molar-refractivity contribution in [1.82, 2.24) is 10.3 Å². The Kier molecular flexibility index (Phi) is 5.99. The molecule has 1 aliphatic rings. The Labute approximate surface area is 126 Å². The minimum Gasteiger partial charge on any atom is -0.381 e. The predicted octanol–water partition coefficient (Wildman–Crippen LogP) is 2.37. The van der Waals surface area contributed by atoms with Crippen LogP contribution in [0.2, 0.25) is 0 Å². The normalized spacial score (nSPS) is 17.7. The third kappa shape index (κ3) is 5.01. The van der Waals surface area contributed by atoms with Crippen LogP contribution in [0.3, 0.4) is 0 Å². The lowest BCUT2D eigenvalue weighted by molar-refractivity contribution is 0.0950. The topological polar surface area (TPSA) is 63.2 Å². The molecule has 1 fully saturated rings. The Morgan fingerprint density at radius 3 is 3.00 bits per heavy atom. The fraction of sp³-hybridized carbons (Fsp3) is 0.625. The van der Waals surface area contributed by atoms with E-state index in [-0.39, 0.29) is 5.91 Å². The smallest absolute Gasteiger partial charge is 0.251 e. The summed E-state index contributed by atoms with van der Waals surface area (Å²) in [5, 5.41) is 6.21. The Morgan fingerprint density at radius 2 is 2.29 bits per heavy atom. The van der Waals surface area contributed by atoms with Gasteiger partial charge in [-0.3, -0.25) is 4.79 Å². The molecule has 1 unspecified atom stereocenters. The summed E-state index contributed by atoms with van der Waals surface area (Å²) in [4.78, 5) is 16.6. The molecule has 0 bridgehead atoms. The average Bonchev–Trinajstić information content (AvgIpc) is 2.97. The summed E-state index contributed by atoms with van der Waals surface area (Å²) in [5.74, 6) is 1.33. The monoisotopic (exact) mass is 291 g/mol. The largest absolute Gasteiger partial charge is 0.381 e. The van der Waals surface area contributed by atoms with Crippen molar-refractivity contribution in [3.63, 3.8) is 0 Å². The predicted molar refractivity (Wildman–Crippen MR) is 83.6 cm³/mol. The van der Waals surface area contributed by atoms with Gasteiger partial charge in [0.05, 0.1) is 0 Å². The number of anilines is 1. The van der Waals surface area contributed by atoms with E-state index in [0.717, 1.165) is 50.5 Å². The fourth-order valence-corrected chi connectivity index (χ4v) is 2.45. The highest BCUT2D eigenvalue weighted by atomic mass is 16.5. The SMILES string of the molecule is CCCNc1cc(C(=O)NCCC2CCOC2)cc(C)n1. The molecule has 2 heterocycles. The van der Waals surface area contributed by atoms with Gasteiger partial charge in [-0.2, -0.15) is 0 Å². The van der Waals surface area contributed by atoms with Crippen LogP contribution in [0.4, 0.5) is 5.82 Å². The number of aromatic nitrogens is 1. The lowest BCUT2D eigenvalue weighted by atomic mass is 10.1. The van der Waals surface area contributed by atoms with Crippen LogP contribution in [-0.2, 0) is 4.74 Å². The third-order valence-corrected chi connectivity index (χ3v) is 3.63. The van der Waals surface area contributed by atoms with Gasteiger partial charge in [0.15, 0.2) is 0 Å². The van der Waals surface area contributed by atoms with Crippen LogP contribution in [0.1, 0.15) is 42.2 Å². The van der Waals surface area contributed by atoms with E-state index in [1.165, 1.54) is 0 Å². The summed E-state index contributed by atoms with van der Waals surface area (Å²) in [7, 11) is 0. The molecule has 0 saturated carbocycles. The molecule has 1 aliphatic heterocycles. The molecule has 1 aromatic rings. The number of rotatable bonds is 7. The van der Waals surface area contributed by atoms with Crippen molar-refractivity contribution in [2.45, 2.75) is 33.1 Å². The quantitative estimate of drug-likeness (QED) is 0.809. The Hall–Kier alpha value is -1.62. The van der Waals surface area contributed by atoms with Crippen LogP contribution in [0.5, 0.6) is 0 Å². The number of nitrogens with zero attached hydrogens (tertiary/aromatic N) is 1. The molecule has 1 atom stereocenters. The zero-order valence-corrected chi connectivity index (χ0v) is 12.9. The summed E-state index contributed by atoms with van der Waals surface area (Å²) in [6.45, 7) is 7.25. The average molecular weight is 291 g/mol. The van der Waals surface area contributed by atoms with Gasteiger partial charge in [0.1, 0.15) is 5.82 Å². The van der Waals surface area contributed by atoms with E-state index in [0.29, 0.717) is 18.0 Å². The zero-order chi connectivity index (χ0) is 15.1. The molecule has 0 spiro atoms. The maximum absolute atomic E-state index is 12.2. The highest BCUT2D eigenvalue weighted by molar-refractivity contribution is 5.94. The number of pyridine rings is 1. The summed E-state index contributed by atoms with van der Waals surface area (Å²) in [6.07, 6.45) is 3.12. The second-order valence-corrected chi connectivity index (χ2v) is 5.58. The molecule has 1 amide bonds. The Morgan fingerprint density at radius 1 is 1.43 bits per heavy atom. The molecule has 21 heavy (non-hydrogen) atoms. The summed E-state index contributed by atoms with van der Waals surface area (Å²) in [6, 6.07) is 3.64. The highest BCUT2D eigenvalue weighted by Crippen LogP contribution is 2.15. The molecule has 1 saturated heterocycles. The third-order valence-electron chi connectivity index (χ3n) is 3.63. The van der Waals surface area contributed by atoms with E-state index >= 15 is 0 Å². The van der Waals surface area contributed by atoms with E-state index in [2.05, 4.69) is 22.5 Å². The van der Waals surface area contributed by atoms with Gasteiger partial charge in [0.25, 0.3) is 5.91 Å². The Bertz CT molecular complexity index is 471. The number of ether oxygens (including phenoxy) is 1. The maximum atomic E-state index is 12.2. The molecule has 2 rings (SSSR count). The molecule has 116 valence electrons. The molecular weight excluding hydrogens is 266 g/mol. The van der Waals surface area contributed by atoms with Crippen molar-refractivity contribution in [2.75, 3.05) is 31.6 Å². The van der Waals surface area contributed by atoms with Crippen molar-refractivity contribution in [3.05, 3.63) is 23.4 Å². The minimum atomic E-state index is -0.0287. The molecule has 1 aromatic heterocycles. The van der Waals surface area contributed by atoms with Gasteiger partial charge in [-0.15, -0.1) is 0 Å². The second-order valence-electron chi connectivity index (χ2n) is 5.58. The number of hydrogen-bond donors (Lipinski definition) is 2. The van der Waals surface area contributed by atoms with Crippen LogP contribution in [0, 0.1) is 12.8 Å². The second kappa shape index (κ2) is 7.98. The molecular formula is C16H25N3O2. The molecule has 0 aliphatic carbocycles. The number of amides is 1. The lowest BCUT2D eigenvalue weighted by Gasteiger charge is -2.11. The standard InChI is InChI=1S/C16H25N3O2/c1-3-6-17-15-10-14(9-12(2)19-15)16(20)18-7-4-13-5-8-21-11-13/h9-10,13H,3-8,11H2,1-2H3,(H,17,19)(H,18,20). The van der Waals surface area contributed by atoms with Gasteiger partial charge in [0.2, 0.25) is 0 Å². The van der Waals surface area contributed by atoms with Gasteiger partial charge in [-0.25, -0.2) is 4.98 Å². The first kappa shape index (κ1) is 15.8. The van der Waals surface area contributed by atoms with Crippen LogP contribution in [0.25, 0.3) is 0 Å². The van der Waals surface area contributed by atoms with E-state index in [1.54, 1.807) is 0 Å². The molecule has 5 nitrogen and oxygen atoms in total. The summed E-state index contributed by atoms with van der Waals surface area (Å²) >= 11 is 0. The number of carbonyl (C=O) groups is 1. The summed E-state index contributed by atoms with van der Waals surface area (Å²) in [5.41, 5.74) is 1.52. The molecule has 0 radical (unpaired) electrons. The van der Waals surface area contributed by atoms with Gasteiger partial charge in [-0.05, 0) is 44.2 Å². The van der Waals surface area contributed by atoms with Crippen molar-refractivity contribution >= 4 is 11.7 Å². The van der Waals surface area contributed by atoms with Crippen LogP contribution in [0.15, 0.2) is 12.1 Å². The maximum Gasteiger partial charge on any atom is 0.251 e. The molecule has 2 N–H and O–H groups in total. The van der Waals surface area contributed by atoms with Crippen LogP contribution < -0.4 is 10.6 Å². The van der Waals surface area contributed by atoms with E-state index < -0.39 is 0 Å². The van der Waals surface area contributed by atoms with Crippen molar-refractivity contribution < 1.29 is 9.53 Å². The molecule has 0 aromatic carbocycles. The zero-order valence-electron chi connectivity index (χ0n) is 12.9. The first-order valence-electron chi connectivity index (χ1n) is 7.77. The van der Waals surface area contributed by atoms with E-state index in [4.69, 9.17) is 4.74 Å². The van der Waals surface area contributed by atoms with Crippen molar-refractivity contribution in [1.29, 1.82) is 0 Å². The van der Waals surface area contributed by atoms with Crippen LogP contribution in [-0.4, -0.2) is 37.2 Å².